The van der Waals surface area contributed by atoms with Gasteiger partial charge in [0.05, 0.1) is 9.90 Å². The first kappa shape index (κ1) is 23.2. The van der Waals surface area contributed by atoms with Crippen LogP contribution in [0, 0.1) is 6.92 Å². The van der Waals surface area contributed by atoms with Crippen molar-refractivity contribution in [3.8, 4) is 0 Å². The number of carbonyl (C=O) groups excluding carboxylic acids is 1. The summed E-state index contributed by atoms with van der Waals surface area (Å²) in [7, 11) is -3.60. The van der Waals surface area contributed by atoms with E-state index in [2.05, 4.69) is 25.5 Å². The molecule has 2 aromatic heterocycles. The molecule has 0 radical (unpaired) electrons. The first-order valence-electron chi connectivity index (χ1n) is 9.77. The van der Waals surface area contributed by atoms with Gasteiger partial charge in [-0.05, 0) is 43.7 Å². The summed E-state index contributed by atoms with van der Waals surface area (Å²) < 4.78 is 27.4. The van der Waals surface area contributed by atoms with E-state index in [9.17, 15) is 13.2 Å². The predicted molar refractivity (Wildman–Crippen MR) is 125 cm³/mol. The van der Waals surface area contributed by atoms with Crippen LogP contribution in [0.3, 0.4) is 0 Å². The lowest BCUT2D eigenvalue weighted by atomic mass is 9.99. The molecule has 13 heteroatoms. The molecule has 9 nitrogen and oxygen atoms in total. The Hall–Kier alpha value is -1.99. The van der Waals surface area contributed by atoms with Crippen molar-refractivity contribution in [3.63, 3.8) is 0 Å². The third kappa shape index (κ3) is 4.84. The molecule has 1 aliphatic rings. The normalized spacial score (nSPS) is 15.7. The molecule has 0 unspecified atom stereocenters. The van der Waals surface area contributed by atoms with E-state index in [1.165, 1.54) is 33.5 Å². The lowest BCUT2D eigenvalue weighted by molar-refractivity contribution is 0.102. The van der Waals surface area contributed by atoms with Crippen molar-refractivity contribution in [2.75, 3.05) is 24.7 Å². The van der Waals surface area contributed by atoms with Crippen LogP contribution in [0.15, 0.2) is 33.6 Å². The highest BCUT2D eigenvalue weighted by Crippen LogP contribution is 2.33. The smallest absolute Gasteiger partial charge is 0.277 e. The molecule has 3 heterocycles. The summed E-state index contributed by atoms with van der Waals surface area (Å²) in [5, 5.41) is 12.8. The first-order chi connectivity index (χ1) is 15.3. The van der Waals surface area contributed by atoms with E-state index in [0.29, 0.717) is 41.8 Å². The number of nitrogens with zero attached hydrogens (tertiary/aromatic N) is 4. The Balaban J connectivity index is 1.38. The van der Waals surface area contributed by atoms with Crippen molar-refractivity contribution in [1.82, 2.24) is 24.5 Å². The van der Waals surface area contributed by atoms with E-state index in [4.69, 9.17) is 11.6 Å². The maximum Gasteiger partial charge on any atom is 0.277 e. The molecule has 0 aliphatic carbocycles. The van der Waals surface area contributed by atoms with Gasteiger partial charge in [0, 0.05) is 29.4 Å². The number of amides is 1. The second kappa shape index (κ2) is 9.48. The van der Waals surface area contributed by atoms with Gasteiger partial charge < -0.3 is 0 Å². The zero-order chi connectivity index (χ0) is 22.9. The summed E-state index contributed by atoms with van der Waals surface area (Å²) in [6.07, 6.45) is 3.10. The monoisotopic (exact) mass is 512 g/mol. The molecule has 32 heavy (non-hydrogen) atoms. The van der Waals surface area contributed by atoms with Crippen molar-refractivity contribution in [2.45, 2.75) is 35.7 Å². The Morgan fingerprint density at radius 1 is 1.31 bits per heavy atom. The lowest BCUT2D eigenvalue weighted by Gasteiger charge is -2.30. The van der Waals surface area contributed by atoms with Crippen LogP contribution in [0.2, 0.25) is 5.02 Å². The number of hydrogen-bond acceptors (Lipinski definition) is 8. The molecule has 1 amide bonds. The lowest BCUT2D eigenvalue weighted by Crippen LogP contribution is -2.37. The zero-order valence-corrected chi connectivity index (χ0v) is 20.5. The number of benzene rings is 1. The van der Waals surface area contributed by atoms with Gasteiger partial charge in [0.15, 0.2) is 0 Å². The number of nitrogens with one attached hydrogen (secondary N) is 2. The molecular formula is C19H21ClN6O3S3. The van der Waals surface area contributed by atoms with Crippen LogP contribution in [0.4, 0.5) is 5.95 Å². The number of aromatic nitrogens is 4. The van der Waals surface area contributed by atoms with E-state index < -0.39 is 10.0 Å². The van der Waals surface area contributed by atoms with Crippen molar-refractivity contribution in [1.29, 1.82) is 0 Å². The van der Waals surface area contributed by atoms with Crippen molar-refractivity contribution in [2.24, 2.45) is 0 Å². The number of carbonyl (C=O) groups is 1. The quantitative estimate of drug-likeness (QED) is 0.482. The highest BCUT2D eigenvalue weighted by molar-refractivity contribution is 7.98. The topological polar surface area (TPSA) is 121 Å². The fourth-order valence-electron chi connectivity index (χ4n) is 3.37. The standard InChI is InChI=1S/C19H21ClN6O3S3/c1-11-3-4-13(9-14(11)20)32(28,29)26-7-5-12(6-8-26)17-21-15(10-31-17)16(27)22-18-23-19(30-2)25-24-18/h3-4,9-10,12H,5-8H2,1-2H3,(H2,22,23,24,25,27). The minimum absolute atomic E-state index is 0.1000. The summed E-state index contributed by atoms with van der Waals surface area (Å²) in [5.74, 6) is -0.000769. The van der Waals surface area contributed by atoms with Gasteiger partial charge in [0.2, 0.25) is 21.1 Å². The van der Waals surface area contributed by atoms with Gasteiger partial charge in [-0.2, -0.15) is 9.29 Å². The minimum atomic E-state index is -3.60. The van der Waals surface area contributed by atoms with Gasteiger partial charge in [-0.3, -0.25) is 10.1 Å². The van der Waals surface area contributed by atoms with Gasteiger partial charge >= 0.3 is 0 Å². The summed E-state index contributed by atoms with van der Waals surface area (Å²) >= 11 is 8.89. The number of aromatic amines is 1. The maximum atomic E-state index is 13.0. The highest BCUT2D eigenvalue weighted by atomic mass is 35.5. The number of halogens is 1. The number of rotatable bonds is 6. The van der Waals surface area contributed by atoms with Crippen LogP contribution >= 0.6 is 34.7 Å². The third-order valence-corrected chi connectivity index (χ3v) is 9.08. The van der Waals surface area contributed by atoms with Gasteiger partial charge in [-0.1, -0.05) is 29.4 Å². The van der Waals surface area contributed by atoms with Gasteiger partial charge in [-0.25, -0.2) is 18.5 Å². The Morgan fingerprint density at radius 3 is 2.72 bits per heavy atom. The summed E-state index contributed by atoms with van der Waals surface area (Å²) in [4.78, 5) is 21.2. The van der Waals surface area contributed by atoms with Gasteiger partial charge in [-0.15, -0.1) is 16.4 Å². The number of anilines is 1. The molecule has 0 atom stereocenters. The van der Waals surface area contributed by atoms with Crippen molar-refractivity contribution >= 4 is 56.6 Å². The molecule has 0 spiro atoms. The Morgan fingerprint density at radius 2 is 2.06 bits per heavy atom. The molecule has 1 fully saturated rings. The van der Waals surface area contributed by atoms with Crippen LogP contribution in [0.1, 0.15) is 39.8 Å². The second-order valence-electron chi connectivity index (χ2n) is 7.29. The molecule has 1 saturated heterocycles. The van der Waals surface area contributed by atoms with Crippen molar-refractivity contribution in [3.05, 3.63) is 44.9 Å². The molecule has 1 aromatic carbocycles. The fourth-order valence-corrected chi connectivity index (χ4v) is 6.40. The van der Waals surface area contributed by atoms with Crippen LogP contribution in [0.5, 0.6) is 0 Å². The Labute approximate surface area is 199 Å². The molecule has 0 saturated carbocycles. The van der Waals surface area contributed by atoms with Crippen LogP contribution < -0.4 is 5.32 Å². The third-order valence-electron chi connectivity index (χ3n) is 5.22. The van der Waals surface area contributed by atoms with E-state index in [1.54, 1.807) is 17.5 Å². The molecule has 170 valence electrons. The maximum absolute atomic E-state index is 13.0. The summed E-state index contributed by atoms with van der Waals surface area (Å²) in [6.45, 7) is 2.60. The van der Waals surface area contributed by atoms with Gasteiger partial charge in [0.1, 0.15) is 5.69 Å². The zero-order valence-electron chi connectivity index (χ0n) is 17.3. The first-order valence-corrected chi connectivity index (χ1v) is 13.7. The van der Waals surface area contributed by atoms with Crippen molar-refractivity contribution < 1.29 is 13.2 Å². The Kier molecular flexibility index (Phi) is 6.86. The Bertz CT molecular complexity index is 1230. The number of aryl methyl sites for hydroxylation is 1. The largest absolute Gasteiger partial charge is 0.289 e. The number of H-pyrrole nitrogens is 1. The number of thioether (sulfide) groups is 1. The average Bonchev–Trinajstić information content (AvgIpc) is 3.45. The van der Waals surface area contributed by atoms with E-state index in [1.807, 2.05) is 13.2 Å². The van der Waals surface area contributed by atoms with Gasteiger partial charge in [0.25, 0.3) is 5.91 Å². The van der Waals surface area contributed by atoms with Crippen LogP contribution in [-0.2, 0) is 10.0 Å². The highest BCUT2D eigenvalue weighted by Gasteiger charge is 2.31. The van der Waals surface area contributed by atoms with Crippen LogP contribution in [0.25, 0.3) is 0 Å². The summed E-state index contributed by atoms with van der Waals surface area (Å²) in [5.41, 5.74) is 1.14. The predicted octanol–water partition coefficient (Wildman–Crippen LogP) is 3.77. The molecule has 1 aliphatic heterocycles. The van der Waals surface area contributed by atoms with Crippen LogP contribution in [-0.4, -0.2) is 58.1 Å². The van der Waals surface area contributed by atoms with E-state index in [-0.39, 0.29) is 22.7 Å². The number of sulfonamides is 1. The summed E-state index contributed by atoms with van der Waals surface area (Å²) in [6, 6.07) is 4.80. The fraction of sp³-hybridized carbons (Fsp3) is 0.368. The average molecular weight is 513 g/mol. The molecule has 0 bridgehead atoms. The number of piperidine rings is 1. The molecule has 3 aromatic rings. The van der Waals surface area contributed by atoms with E-state index in [0.717, 1.165) is 10.6 Å². The molecular weight excluding hydrogens is 492 g/mol. The molecule has 2 N–H and O–H groups in total. The number of thiazole rings is 1. The minimum Gasteiger partial charge on any atom is -0.289 e. The second-order valence-corrected chi connectivity index (χ2v) is 11.3. The van der Waals surface area contributed by atoms with E-state index >= 15 is 0 Å². The number of hydrogen-bond donors (Lipinski definition) is 2. The SMILES string of the molecule is CSc1n[nH]c(NC(=O)c2csc(C3CCN(S(=O)(=O)c4ccc(C)c(Cl)c4)CC3)n2)n1. The molecule has 4 rings (SSSR count).